The smallest absolute Gasteiger partial charge is 0.190 e. The zero-order valence-electron chi connectivity index (χ0n) is 8.74. The van der Waals surface area contributed by atoms with E-state index in [2.05, 4.69) is 0 Å². The summed E-state index contributed by atoms with van der Waals surface area (Å²) in [6, 6.07) is 3.39. The van der Waals surface area contributed by atoms with Crippen LogP contribution >= 0.6 is 0 Å². The summed E-state index contributed by atoms with van der Waals surface area (Å²) in [5.41, 5.74) is 0. The number of sulfone groups is 1. The van der Waals surface area contributed by atoms with Gasteiger partial charge < -0.3 is 4.74 Å². The van der Waals surface area contributed by atoms with Gasteiger partial charge >= 0.3 is 0 Å². The monoisotopic (exact) mass is 250 g/mol. The van der Waals surface area contributed by atoms with Crippen LogP contribution in [0.15, 0.2) is 18.2 Å². The zero-order chi connectivity index (χ0) is 12.2. The minimum absolute atomic E-state index is 0.0368. The molecule has 1 aromatic rings. The Hall–Kier alpha value is -1.17. The largest absolute Gasteiger partial charge is 0.488 e. The SMILES string of the molecule is CS(=O)(=O)CCCOc1c(F)cccc1F. The van der Waals surface area contributed by atoms with Gasteiger partial charge in [0.15, 0.2) is 17.4 Å². The van der Waals surface area contributed by atoms with Gasteiger partial charge in [0.05, 0.1) is 12.4 Å². The molecule has 16 heavy (non-hydrogen) atoms. The lowest BCUT2D eigenvalue weighted by Gasteiger charge is -2.07. The third-order valence-corrected chi connectivity index (χ3v) is 2.86. The van der Waals surface area contributed by atoms with Crippen LogP contribution in [0.4, 0.5) is 8.78 Å². The van der Waals surface area contributed by atoms with Crippen LogP contribution in [0.1, 0.15) is 6.42 Å². The summed E-state index contributed by atoms with van der Waals surface area (Å²) in [7, 11) is -3.07. The maximum Gasteiger partial charge on any atom is 0.190 e. The molecule has 0 aliphatic carbocycles. The summed E-state index contributed by atoms with van der Waals surface area (Å²) in [6.07, 6.45) is 1.29. The van der Waals surface area contributed by atoms with Gasteiger partial charge in [-0.25, -0.2) is 17.2 Å². The first-order valence-electron chi connectivity index (χ1n) is 4.65. The van der Waals surface area contributed by atoms with Gasteiger partial charge in [-0.2, -0.15) is 0 Å². The molecule has 0 radical (unpaired) electrons. The maximum atomic E-state index is 13.0. The molecule has 0 bridgehead atoms. The molecule has 0 unspecified atom stereocenters. The van der Waals surface area contributed by atoms with Crippen molar-refractivity contribution in [3.63, 3.8) is 0 Å². The molecule has 6 heteroatoms. The first-order valence-corrected chi connectivity index (χ1v) is 6.71. The molecular weight excluding hydrogens is 238 g/mol. The van der Waals surface area contributed by atoms with Crippen LogP contribution in [-0.2, 0) is 9.84 Å². The molecule has 0 N–H and O–H groups in total. The molecule has 0 aliphatic rings. The van der Waals surface area contributed by atoms with Crippen LogP contribution in [0.5, 0.6) is 5.75 Å². The van der Waals surface area contributed by atoms with Gasteiger partial charge in [0.2, 0.25) is 0 Å². The fourth-order valence-corrected chi connectivity index (χ4v) is 1.76. The normalized spacial score (nSPS) is 11.4. The number of benzene rings is 1. The van der Waals surface area contributed by atoms with Gasteiger partial charge in [-0.3, -0.25) is 0 Å². The Morgan fingerprint density at radius 3 is 2.31 bits per heavy atom. The van der Waals surface area contributed by atoms with E-state index in [-0.39, 0.29) is 18.8 Å². The van der Waals surface area contributed by atoms with Crippen molar-refractivity contribution >= 4 is 9.84 Å². The van der Waals surface area contributed by atoms with Crippen LogP contribution in [0.2, 0.25) is 0 Å². The lowest BCUT2D eigenvalue weighted by atomic mass is 10.3. The van der Waals surface area contributed by atoms with Crippen molar-refractivity contribution in [2.75, 3.05) is 18.6 Å². The summed E-state index contributed by atoms with van der Waals surface area (Å²) in [4.78, 5) is 0. The van der Waals surface area contributed by atoms with Crippen LogP contribution < -0.4 is 4.74 Å². The van der Waals surface area contributed by atoms with Gasteiger partial charge in [0, 0.05) is 6.26 Å². The van der Waals surface area contributed by atoms with Crippen molar-refractivity contribution in [2.24, 2.45) is 0 Å². The summed E-state index contributed by atoms with van der Waals surface area (Å²) in [5, 5.41) is 0. The van der Waals surface area contributed by atoms with Crippen molar-refractivity contribution in [1.29, 1.82) is 0 Å². The highest BCUT2D eigenvalue weighted by atomic mass is 32.2. The minimum atomic E-state index is -3.07. The molecule has 1 aromatic carbocycles. The van der Waals surface area contributed by atoms with Crippen molar-refractivity contribution < 1.29 is 21.9 Å². The second kappa shape index (κ2) is 5.25. The summed E-state index contributed by atoms with van der Waals surface area (Å²) >= 11 is 0. The molecule has 0 spiro atoms. The van der Waals surface area contributed by atoms with E-state index >= 15 is 0 Å². The average Bonchev–Trinajstić information content (AvgIpc) is 2.14. The molecular formula is C10H12F2O3S. The van der Waals surface area contributed by atoms with Crippen molar-refractivity contribution in [3.8, 4) is 5.75 Å². The van der Waals surface area contributed by atoms with Gasteiger partial charge in [-0.1, -0.05) is 6.07 Å². The van der Waals surface area contributed by atoms with Crippen LogP contribution in [0, 0.1) is 11.6 Å². The topological polar surface area (TPSA) is 43.4 Å². The molecule has 0 saturated carbocycles. The third-order valence-electron chi connectivity index (χ3n) is 1.82. The van der Waals surface area contributed by atoms with Gasteiger partial charge in [-0.05, 0) is 18.6 Å². The van der Waals surface area contributed by atoms with Gasteiger partial charge in [-0.15, -0.1) is 0 Å². The number of para-hydroxylation sites is 1. The Morgan fingerprint density at radius 1 is 1.25 bits per heavy atom. The lowest BCUT2D eigenvalue weighted by molar-refractivity contribution is 0.285. The highest BCUT2D eigenvalue weighted by Crippen LogP contribution is 2.20. The van der Waals surface area contributed by atoms with Crippen molar-refractivity contribution in [2.45, 2.75) is 6.42 Å². The fraction of sp³-hybridized carbons (Fsp3) is 0.400. The van der Waals surface area contributed by atoms with E-state index < -0.39 is 27.2 Å². The first-order chi connectivity index (χ1) is 7.40. The van der Waals surface area contributed by atoms with Crippen LogP contribution in [0.25, 0.3) is 0 Å². The van der Waals surface area contributed by atoms with Gasteiger partial charge in [0.25, 0.3) is 0 Å². The standard InChI is InChI=1S/C10H12F2O3S/c1-16(13,14)7-3-6-15-10-8(11)4-2-5-9(10)12/h2,4-5H,3,6-7H2,1H3. The maximum absolute atomic E-state index is 13.0. The Labute approximate surface area is 93.0 Å². The van der Waals surface area contributed by atoms with E-state index in [0.29, 0.717) is 0 Å². The predicted molar refractivity (Wildman–Crippen MR) is 56.2 cm³/mol. The second-order valence-corrected chi connectivity index (χ2v) is 5.64. The minimum Gasteiger partial charge on any atom is -0.488 e. The Balaban J connectivity index is 2.49. The second-order valence-electron chi connectivity index (χ2n) is 3.38. The molecule has 0 heterocycles. The lowest BCUT2D eigenvalue weighted by Crippen LogP contribution is -2.09. The first kappa shape index (κ1) is 12.9. The molecule has 1 rings (SSSR count). The zero-order valence-corrected chi connectivity index (χ0v) is 9.56. The molecule has 0 aliphatic heterocycles. The fourth-order valence-electron chi connectivity index (χ4n) is 1.12. The Morgan fingerprint density at radius 2 is 1.81 bits per heavy atom. The van der Waals surface area contributed by atoms with E-state index in [9.17, 15) is 17.2 Å². The molecule has 90 valence electrons. The summed E-state index contributed by atoms with van der Waals surface area (Å²) in [6.45, 7) is -0.0368. The molecule has 0 saturated heterocycles. The quantitative estimate of drug-likeness (QED) is 0.748. The summed E-state index contributed by atoms with van der Waals surface area (Å²) < 4.78 is 52.5. The van der Waals surface area contributed by atoms with E-state index in [1.165, 1.54) is 6.07 Å². The highest BCUT2D eigenvalue weighted by Gasteiger charge is 2.09. The average molecular weight is 250 g/mol. The molecule has 0 atom stereocenters. The van der Waals surface area contributed by atoms with Crippen molar-refractivity contribution in [3.05, 3.63) is 29.8 Å². The predicted octanol–water partition coefficient (Wildman–Crippen LogP) is 1.78. The Bertz CT molecular complexity index is 437. The third kappa shape index (κ3) is 4.14. The van der Waals surface area contributed by atoms with Crippen molar-refractivity contribution in [1.82, 2.24) is 0 Å². The molecule has 0 amide bonds. The van der Waals surface area contributed by atoms with E-state index in [4.69, 9.17) is 4.74 Å². The number of hydrogen-bond donors (Lipinski definition) is 0. The number of rotatable bonds is 5. The van der Waals surface area contributed by atoms with Gasteiger partial charge in [0.1, 0.15) is 9.84 Å². The number of halogens is 2. The van der Waals surface area contributed by atoms with Crippen LogP contribution in [0.3, 0.4) is 0 Å². The number of hydrogen-bond acceptors (Lipinski definition) is 3. The number of ether oxygens (including phenoxy) is 1. The van der Waals surface area contributed by atoms with E-state index in [1.54, 1.807) is 0 Å². The Kier molecular flexibility index (Phi) is 4.23. The molecule has 3 nitrogen and oxygen atoms in total. The van der Waals surface area contributed by atoms with E-state index in [1.807, 2.05) is 0 Å². The van der Waals surface area contributed by atoms with E-state index in [0.717, 1.165) is 18.4 Å². The van der Waals surface area contributed by atoms with Crippen LogP contribution in [-0.4, -0.2) is 27.0 Å². The summed E-state index contributed by atoms with van der Waals surface area (Å²) in [5.74, 6) is -2.11. The molecule has 0 fully saturated rings. The molecule has 0 aromatic heterocycles. The highest BCUT2D eigenvalue weighted by molar-refractivity contribution is 7.90.